The van der Waals surface area contributed by atoms with Gasteiger partial charge in [-0.3, -0.25) is 0 Å². The van der Waals surface area contributed by atoms with E-state index >= 15 is 0 Å². The van der Waals surface area contributed by atoms with Crippen LogP contribution in [-0.4, -0.2) is 5.11 Å². The van der Waals surface area contributed by atoms with Crippen molar-refractivity contribution in [2.45, 2.75) is 6.42 Å². The molecular formula is C13H13NO. The molecule has 0 atom stereocenters. The summed E-state index contributed by atoms with van der Waals surface area (Å²) in [6, 6.07) is 11.7. The van der Waals surface area contributed by atoms with Crippen molar-refractivity contribution in [3.63, 3.8) is 0 Å². The maximum absolute atomic E-state index is 10.0. The second-order valence-corrected chi connectivity index (χ2v) is 3.43. The van der Waals surface area contributed by atoms with Crippen LogP contribution in [0.1, 0.15) is 5.56 Å². The summed E-state index contributed by atoms with van der Waals surface area (Å²) in [4.78, 5) is 0. The number of hydrogen-bond donors (Lipinski definition) is 2. The normalized spacial score (nSPS) is 11.2. The van der Waals surface area contributed by atoms with E-state index in [0.29, 0.717) is 12.2 Å². The number of hydrogen-bond acceptors (Lipinski definition) is 2. The smallest absolute Gasteiger partial charge is 0.126 e. The van der Waals surface area contributed by atoms with Gasteiger partial charge >= 0.3 is 0 Å². The molecule has 76 valence electrons. The number of fused-ring (bicyclic) bond motifs is 1. The molecule has 2 aromatic rings. The quantitative estimate of drug-likeness (QED) is 0.780. The van der Waals surface area contributed by atoms with Gasteiger partial charge in [-0.1, -0.05) is 42.5 Å². The summed E-state index contributed by atoms with van der Waals surface area (Å²) < 4.78 is 0. The highest BCUT2D eigenvalue weighted by Gasteiger charge is 2.03. The molecule has 2 rings (SSSR count). The van der Waals surface area contributed by atoms with Crippen LogP contribution in [0.5, 0.6) is 5.75 Å². The van der Waals surface area contributed by atoms with Crippen molar-refractivity contribution in [3.05, 3.63) is 54.2 Å². The molecule has 0 saturated heterocycles. The first kappa shape index (κ1) is 9.59. The maximum atomic E-state index is 10.0. The van der Waals surface area contributed by atoms with Gasteiger partial charge in [-0.15, -0.1) is 0 Å². The molecule has 0 heterocycles. The third kappa shape index (κ3) is 1.79. The molecule has 0 spiro atoms. The van der Waals surface area contributed by atoms with Gasteiger partial charge in [0, 0.05) is 5.39 Å². The van der Waals surface area contributed by atoms with Crippen molar-refractivity contribution in [2.24, 2.45) is 5.73 Å². The van der Waals surface area contributed by atoms with Gasteiger partial charge < -0.3 is 10.8 Å². The van der Waals surface area contributed by atoms with Crippen molar-refractivity contribution < 1.29 is 5.11 Å². The van der Waals surface area contributed by atoms with Crippen LogP contribution in [0, 0.1) is 0 Å². The SMILES string of the molecule is NC=CCc1ccc2ccccc2c1O. The van der Waals surface area contributed by atoms with Crippen molar-refractivity contribution >= 4 is 10.8 Å². The zero-order valence-electron chi connectivity index (χ0n) is 8.35. The van der Waals surface area contributed by atoms with E-state index in [1.807, 2.05) is 42.5 Å². The van der Waals surface area contributed by atoms with Crippen LogP contribution >= 0.6 is 0 Å². The maximum Gasteiger partial charge on any atom is 0.126 e. The second kappa shape index (κ2) is 4.05. The molecular weight excluding hydrogens is 186 g/mol. The molecule has 0 fully saturated rings. The Kier molecular flexibility index (Phi) is 2.59. The fourth-order valence-corrected chi connectivity index (χ4v) is 1.66. The highest BCUT2D eigenvalue weighted by molar-refractivity contribution is 5.89. The average Bonchev–Trinajstić information content (AvgIpc) is 2.29. The van der Waals surface area contributed by atoms with Gasteiger partial charge in [0.1, 0.15) is 5.75 Å². The van der Waals surface area contributed by atoms with E-state index in [1.165, 1.54) is 6.20 Å². The van der Waals surface area contributed by atoms with Gasteiger partial charge in [-0.05, 0) is 23.6 Å². The molecule has 2 nitrogen and oxygen atoms in total. The third-order valence-electron chi connectivity index (χ3n) is 2.46. The van der Waals surface area contributed by atoms with E-state index in [4.69, 9.17) is 5.73 Å². The first-order valence-electron chi connectivity index (χ1n) is 4.89. The summed E-state index contributed by atoms with van der Waals surface area (Å²) >= 11 is 0. The second-order valence-electron chi connectivity index (χ2n) is 3.43. The van der Waals surface area contributed by atoms with Crippen LogP contribution in [-0.2, 0) is 6.42 Å². The van der Waals surface area contributed by atoms with Crippen molar-refractivity contribution in [1.82, 2.24) is 0 Å². The van der Waals surface area contributed by atoms with Crippen molar-refractivity contribution in [3.8, 4) is 5.75 Å². The van der Waals surface area contributed by atoms with E-state index in [0.717, 1.165) is 16.3 Å². The minimum Gasteiger partial charge on any atom is -0.507 e. The Morgan fingerprint density at radius 1 is 1.13 bits per heavy atom. The van der Waals surface area contributed by atoms with Gasteiger partial charge in [0.25, 0.3) is 0 Å². The summed E-state index contributed by atoms with van der Waals surface area (Å²) in [5, 5.41) is 11.9. The van der Waals surface area contributed by atoms with Crippen LogP contribution in [0.25, 0.3) is 10.8 Å². The van der Waals surface area contributed by atoms with Gasteiger partial charge in [0.2, 0.25) is 0 Å². The van der Waals surface area contributed by atoms with Gasteiger partial charge in [0.05, 0.1) is 0 Å². The van der Waals surface area contributed by atoms with Gasteiger partial charge in [0.15, 0.2) is 0 Å². The molecule has 0 aliphatic heterocycles. The Labute approximate surface area is 88.7 Å². The topological polar surface area (TPSA) is 46.2 Å². The molecule has 3 N–H and O–H groups in total. The molecule has 2 aromatic carbocycles. The van der Waals surface area contributed by atoms with Crippen LogP contribution in [0.15, 0.2) is 48.7 Å². The Balaban J connectivity index is 2.55. The Bertz CT molecular complexity index is 503. The lowest BCUT2D eigenvalue weighted by Gasteiger charge is -2.05. The molecule has 0 amide bonds. The monoisotopic (exact) mass is 199 g/mol. The highest BCUT2D eigenvalue weighted by Crippen LogP contribution is 2.28. The van der Waals surface area contributed by atoms with E-state index in [1.54, 1.807) is 0 Å². The molecule has 0 aromatic heterocycles. The zero-order valence-corrected chi connectivity index (χ0v) is 8.35. The summed E-state index contributed by atoms with van der Waals surface area (Å²) in [5.74, 6) is 0.353. The van der Waals surface area contributed by atoms with Crippen molar-refractivity contribution in [1.29, 1.82) is 0 Å². The van der Waals surface area contributed by atoms with E-state index in [-0.39, 0.29) is 0 Å². The van der Waals surface area contributed by atoms with Crippen molar-refractivity contribution in [2.75, 3.05) is 0 Å². The van der Waals surface area contributed by atoms with Crippen LogP contribution in [0.3, 0.4) is 0 Å². The highest BCUT2D eigenvalue weighted by atomic mass is 16.3. The molecule has 0 aliphatic carbocycles. The van der Waals surface area contributed by atoms with Crippen LogP contribution in [0.2, 0.25) is 0 Å². The lowest BCUT2D eigenvalue weighted by molar-refractivity contribution is 0.476. The van der Waals surface area contributed by atoms with E-state index in [2.05, 4.69) is 0 Å². The minimum atomic E-state index is 0.353. The number of phenols is 1. The standard InChI is InChI=1S/C13H13NO/c14-9-3-5-11-8-7-10-4-1-2-6-12(10)13(11)15/h1-4,6-9,15H,5,14H2. The lowest BCUT2D eigenvalue weighted by atomic mass is 10.0. The lowest BCUT2D eigenvalue weighted by Crippen LogP contribution is -1.86. The summed E-state index contributed by atoms with van der Waals surface area (Å²) in [6.45, 7) is 0. The van der Waals surface area contributed by atoms with E-state index in [9.17, 15) is 5.11 Å². The third-order valence-corrected chi connectivity index (χ3v) is 2.46. The molecule has 2 heteroatoms. The van der Waals surface area contributed by atoms with Gasteiger partial charge in [-0.25, -0.2) is 0 Å². The predicted octanol–water partition coefficient (Wildman–Crippen LogP) is 2.56. The van der Waals surface area contributed by atoms with Gasteiger partial charge in [-0.2, -0.15) is 0 Å². The number of benzene rings is 2. The summed E-state index contributed by atoms with van der Waals surface area (Å²) in [5.41, 5.74) is 6.18. The van der Waals surface area contributed by atoms with Crippen LogP contribution < -0.4 is 5.73 Å². The Morgan fingerprint density at radius 3 is 2.73 bits per heavy atom. The fraction of sp³-hybridized carbons (Fsp3) is 0.0769. The zero-order chi connectivity index (χ0) is 10.7. The Hall–Kier alpha value is -1.96. The molecule has 0 aliphatic rings. The van der Waals surface area contributed by atoms with E-state index < -0.39 is 0 Å². The summed E-state index contributed by atoms with van der Waals surface area (Å²) in [7, 11) is 0. The fourth-order valence-electron chi connectivity index (χ4n) is 1.66. The number of nitrogens with two attached hydrogens (primary N) is 1. The Morgan fingerprint density at radius 2 is 1.93 bits per heavy atom. The molecule has 0 radical (unpaired) electrons. The molecule has 0 saturated carbocycles. The van der Waals surface area contributed by atoms with Crippen LogP contribution in [0.4, 0.5) is 0 Å². The number of phenolic OH excluding ortho intramolecular Hbond substituents is 1. The summed E-state index contributed by atoms with van der Waals surface area (Å²) in [6.07, 6.45) is 3.98. The number of allylic oxidation sites excluding steroid dienone is 1. The largest absolute Gasteiger partial charge is 0.507 e. The first-order valence-corrected chi connectivity index (χ1v) is 4.89. The minimum absolute atomic E-state index is 0.353. The number of rotatable bonds is 2. The molecule has 0 bridgehead atoms. The average molecular weight is 199 g/mol. The predicted molar refractivity (Wildman–Crippen MR) is 62.6 cm³/mol. The molecule has 0 unspecified atom stereocenters. The molecule has 15 heavy (non-hydrogen) atoms. The first-order chi connectivity index (χ1) is 7.33. The number of aromatic hydroxyl groups is 1.